The fraction of sp³-hybridized carbons (Fsp3) is 0.0714. The van der Waals surface area contributed by atoms with E-state index in [0.29, 0.717) is 33.2 Å². The Balaban J connectivity index is 1.83. The minimum absolute atomic E-state index is 0.0215. The van der Waals surface area contributed by atoms with Crippen molar-refractivity contribution in [2.24, 2.45) is 4.99 Å². The minimum Gasteiger partial charge on any atom is -0.427 e. The highest BCUT2D eigenvalue weighted by Gasteiger charge is 2.30. The monoisotopic (exact) mass is 313 g/mol. The normalized spacial score (nSPS) is 13.5. The average molecular weight is 313 g/mol. The van der Waals surface area contributed by atoms with Crippen molar-refractivity contribution < 1.29 is 13.6 Å². The van der Waals surface area contributed by atoms with Crippen LogP contribution in [-0.4, -0.2) is 21.1 Å². The first-order valence-electron chi connectivity index (χ1n) is 6.31. The van der Waals surface area contributed by atoms with E-state index in [-0.39, 0.29) is 5.56 Å². The second kappa shape index (κ2) is 4.92. The Kier molecular flexibility index (Phi) is 2.90. The Bertz CT molecular complexity index is 975. The van der Waals surface area contributed by atoms with E-state index in [1.807, 2.05) is 6.07 Å². The molecule has 1 aliphatic rings. The first-order chi connectivity index (χ1) is 10.7. The first kappa shape index (κ1) is 13.0. The lowest BCUT2D eigenvalue weighted by Crippen LogP contribution is -2.12. The number of aromatic nitrogens is 2. The first-order valence-corrected chi connectivity index (χ1v) is 7.29. The van der Waals surface area contributed by atoms with Gasteiger partial charge in [-0.05, 0) is 6.07 Å². The van der Waals surface area contributed by atoms with Crippen LogP contribution in [0.1, 0.15) is 21.8 Å². The van der Waals surface area contributed by atoms with E-state index in [1.165, 1.54) is 18.2 Å². The van der Waals surface area contributed by atoms with Gasteiger partial charge in [0, 0.05) is 10.9 Å². The standard InChI is InChI=1S/C14H7N3O4S/c18-12-11-10(7-3-1-2-4-8(7)21-14(11)19)13(16-12)22-5-9-17-15-6-20-9/h1-4,6H,5H2. The molecular weight excluding hydrogens is 306 g/mol. The molecule has 2 aromatic heterocycles. The van der Waals surface area contributed by atoms with Gasteiger partial charge < -0.3 is 8.83 Å². The summed E-state index contributed by atoms with van der Waals surface area (Å²) in [5.74, 6) is 0.198. The Morgan fingerprint density at radius 3 is 2.82 bits per heavy atom. The second-order valence-electron chi connectivity index (χ2n) is 4.48. The number of benzene rings is 1. The highest BCUT2D eigenvalue weighted by Crippen LogP contribution is 2.30. The molecule has 108 valence electrons. The Morgan fingerprint density at radius 1 is 1.14 bits per heavy atom. The molecule has 1 aromatic carbocycles. The van der Waals surface area contributed by atoms with Gasteiger partial charge in [0.05, 0.1) is 5.75 Å². The maximum atomic E-state index is 12.0. The molecule has 0 bridgehead atoms. The summed E-state index contributed by atoms with van der Waals surface area (Å²) >= 11 is 1.26. The number of rotatable bonds is 2. The van der Waals surface area contributed by atoms with E-state index in [2.05, 4.69) is 15.2 Å². The molecule has 7 nitrogen and oxygen atoms in total. The molecule has 0 aliphatic carbocycles. The molecule has 0 radical (unpaired) electrons. The van der Waals surface area contributed by atoms with E-state index in [1.54, 1.807) is 18.2 Å². The van der Waals surface area contributed by atoms with E-state index >= 15 is 0 Å². The summed E-state index contributed by atoms with van der Waals surface area (Å²) in [6, 6.07) is 7.04. The Labute approximate surface area is 127 Å². The Hall–Kier alpha value is -2.74. The summed E-state index contributed by atoms with van der Waals surface area (Å²) in [4.78, 5) is 28.0. The summed E-state index contributed by atoms with van der Waals surface area (Å²) < 4.78 is 10.2. The van der Waals surface area contributed by atoms with E-state index in [9.17, 15) is 9.59 Å². The molecule has 3 heterocycles. The van der Waals surface area contributed by atoms with Gasteiger partial charge in [-0.25, -0.2) is 9.79 Å². The van der Waals surface area contributed by atoms with Crippen molar-refractivity contribution in [3.05, 3.63) is 58.1 Å². The third-order valence-corrected chi connectivity index (χ3v) is 4.14. The van der Waals surface area contributed by atoms with Gasteiger partial charge in [0.15, 0.2) is 0 Å². The van der Waals surface area contributed by atoms with Gasteiger partial charge in [-0.1, -0.05) is 30.0 Å². The van der Waals surface area contributed by atoms with Crippen molar-refractivity contribution in [3.8, 4) is 0 Å². The highest BCUT2D eigenvalue weighted by atomic mass is 32.2. The SMILES string of the molecule is O=C1N=C(SCc2nnco2)c2c1c(=O)oc1ccccc21. The number of para-hydroxylation sites is 1. The van der Waals surface area contributed by atoms with Crippen LogP contribution in [0.4, 0.5) is 0 Å². The predicted octanol–water partition coefficient (Wildman–Crippen LogP) is 2.01. The minimum atomic E-state index is -0.671. The number of aliphatic imine (C=N–C) groups is 1. The molecule has 0 saturated heterocycles. The van der Waals surface area contributed by atoms with Crippen molar-refractivity contribution in [1.82, 2.24) is 10.2 Å². The number of carbonyl (C=O) groups excluding carboxylic acids is 1. The molecule has 0 N–H and O–H groups in total. The third kappa shape index (κ3) is 1.96. The molecule has 0 saturated carbocycles. The molecule has 0 fully saturated rings. The smallest absolute Gasteiger partial charge is 0.350 e. The number of amides is 1. The molecule has 3 aromatic rings. The van der Waals surface area contributed by atoms with E-state index in [0.717, 1.165) is 0 Å². The molecular formula is C14H7N3O4S. The lowest BCUT2D eigenvalue weighted by atomic mass is 10.1. The zero-order valence-electron chi connectivity index (χ0n) is 11.0. The molecule has 0 unspecified atom stereocenters. The zero-order chi connectivity index (χ0) is 15.1. The average Bonchev–Trinajstić information content (AvgIpc) is 3.13. The van der Waals surface area contributed by atoms with Gasteiger partial charge >= 0.3 is 5.63 Å². The van der Waals surface area contributed by atoms with E-state index < -0.39 is 11.5 Å². The van der Waals surface area contributed by atoms with Crippen LogP contribution in [0.2, 0.25) is 0 Å². The van der Waals surface area contributed by atoms with Gasteiger partial charge in [0.1, 0.15) is 16.2 Å². The van der Waals surface area contributed by atoms with Crippen LogP contribution in [0.25, 0.3) is 11.0 Å². The van der Waals surface area contributed by atoms with Gasteiger partial charge in [-0.3, -0.25) is 4.79 Å². The zero-order valence-corrected chi connectivity index (χ0v) is 11.8. The lowest BCUT2D eigenvalue weighted by molar-refractivity contribution is 0.100. The van der Waals surface area contributed by atoms with Gasteiger partial charge in [0.25, 0.3) is 5.91 Å². The summed E-state index contributed by atoms with van der Waals surface area (Å²) in [7, 11) is 0. The largest absolute Gasteiger partial charge is 0.427 e. The highest BCUT2D eigenvalue weighted by molar-refractivity contribution is 8.13. The number of fused-ring (bicyclic) bond motifs is 3. The summed E-state index contributed by atoms with van der Waals surface area (Å²) in [5.41, 5.74) is 0.246. The summed E-state index contributed by atoms with van der Waals surface area (Å²) in [6.45, 7) is 0. The van der Waals surface area contributed by atoms with Crippen LogP contribution in [0.3, 0.4) is 0 Å². The maximum Gasteiger partial charge on any atom is 0.350 e. The van der Waals surface area contributed by atoms with Crippen molar-refractivity contribution >= 4 is 33.7 Å². The number of hydrogen-bond acceptors (Lipinski definition) is 7. The van der Waals surface area contributed by atoms with Crippen molar-refractivity contribution in [2.45, 2.75) is 5.75 Å². The molecule has 0 spiro atoms. The van der Waals surface area contributed by atoms with Crippen LogP contribution in [0.15, 0.2) is 49.3 Å². The molecule has 1 amide bonds. The fourth-order valence-corrected chi connectivity index (χ4v) is 3.15. The van der Waals surface area contributed by atoms with Crippen molar-refractivity contribution in [2.75, 3.05) is 0 Å². The van der Waals surface area contributed by atoms with Crippen LogP contribution >= 0.6 is 11.8 Å². The quantitative estimate of drug-likeness (QED) is 0.667. The molecule has 4 rings (SSSR count). The fourth-order valence-electron chi connectivity index (χ4n) is 2.26. The van der Waals surface area contributed by atoms with Crippen LogP contribution in [0.5, 0.6) is 0 Å². The molecule has 0 atom stereocenters. The topological polar surface area (TPSA) is 98.6 Å². The molecule has 1 aliphatic heterocycles. The third-order valence-electron chi connectivity index (χ3n) is 3.18. The second-order valence-corrected chi connectivity index (χ2v) is 5.44. The predicted molar refractivity (Wildman–Crippen MR) is 78.9 cm³/mol. The van der Waals surface area contributed by atoms with Crippen molar-refractivity contribution in [1.29, 1.82) is 0 Å². The van der Waals surface area contributed by atoms with Gasteiger partial charge in [-0.15, -0.1) is 10.2 Å². The number of carbonyl (C=O) groups is 1. The van der Waals surface area contributed by atoms with Gasteiger partial charge in [-0.2, -0.15) is 0 Å². The van der Waals surface area contributed by atoms with Gasteiger partial charge in [0.2, 0.25) is 12.3 Å². The summed E-state index contributed by atoms with van der Waals surface area (Å²) in [6.07, 6.45) is 1.23. The van der Waals surface area contributed by atoms with Crippen molar-refractivity contribution in [3.63, 3.8) is 0 Å². The molecule has 22 heavy (non-hydrogen) atoms. The number of thioether (sulfide) groups is 1. The Morgan fingerprint density at radius 2 is 2.00 bits per heavy atom. The lowest BCUT2D eigenvalue weighted by Gasteiger charge is -2.04. The van der Waals surface area contributed by atoms with Crippen LogP contribution < -0.4 is 5.63 Å². The van der Waals surface area contributed by atoms with Crippen LogP contribution in [-0.2, 0) is 5.75 Å². The maximum absolute atomic E-state index is 12.0. The molecule has 8 heteroatoms. The van der Waals surface area contributed by atoms with Crippen LogP contribution in [0, 0.1) is 0 Å². The number of nitrogens with zero attached hydrogens (tertiary/aromatic N) is 3. The summed E-state index contributed by atoms with van der Waals surface area (Å²) in [5, 5.41) is 8.50. The number of hydrogen-bond donors (Lipinski definition) is 0. The van der Waals surface area contributed by atoms with E-state index in [4.69, 9.17) is 8.83 Å².